The van der Waals surface area contributed by atoms with Gasteiger partial charge in [0, 0.05) is 6.42 Å². The average Bonchev–Trinajstić information content (AvgIpc) is 2.28. The highest BCUT2D eigenvalue weighted by Gasteiger charge is 2.14. The molecule has 0 heterocycles. The summed E-state index contributed by atoms with van der Waals surface area (Å²) in [4.78, 5) is 28.9. The van der Waals surface area contributed by atoms with Crippen molar-refractivity contribution in [3.63, 3.8) is 0 Å². The fourth-order valence-electron chi connectivity index (χ4n) is 1.41. The van der Waals surface area contributed by atoms with Gasteiger partial charge >= 0.3 is 7.60 Å². The molecule has 0 aliphatic carbocycles. The third-order valence-electron chi connectivity index (χ3n) is 2.23. The first-order valence-corrected chi connectivity index (χ1v) is 7.19. The molecule has 0 aliphatic rings. The normalized spacial score (nSPS) is 11.1. The molecule has 1 amide bonds. The summed E-state index contributed by atoms with van der Waals surface area (Å²) in [7, 11) is -2.53. The van der Waals surface area contributed by atoms with Crippen LogP contribution in [0.25, 0.3) is 0 Å². The van der Waals surface area contributed by atoms with Gasteiger partial charge in [0.05, 0.1) is 19.0 Å². The highest BCUT2D eigenvalue weighted by atomic mass is 31.2. The lowest BCUT2D eigenvalue weighted by Gasteiger charge is -2.09. The van der Waals surface area contributed by atoms with E-state index in [-0.39, 0.29) is 24.9 Å². The van der Waals surface area contributed by atoms with Crippen molar-refractivity contribution in [2.75, 3.05) is 18.6 Å². The number of anilines is 1. The summed E-state index contributed by atoms with van der Waals surface area (Å²) in [5.41, 5.74) is 0.543. The number of nitrogens with one attached hydrogen (secondary N) is 1. The summed E-state index contributed by atoms with van der Waals surface area (Å²) in [6.45, 7) is 0. The van der Waals surface area contributed by atoms with Crippen LogP contribution in [0.5, 0.6) is 5.75 Å². The molecule has 0 aromatic heterocycles. The number of benzene rings is 1. The Morgan fingerprint density at radius 3 is 2.67 bits per heavy atom. The van der Waals surface area contributed by atoms with Crippen LogP contribution in [0.3, 0.4) is 0 Å². The summed E-state index contributed by atoms with van der Waals surface area (Å²) >= 11 is 0. The van der Waals surface area contributed by atoms with E-state index < -0.39 is 7.60 Å². The van der Waals surface area contributed by atoms with Crippen LogP contribution in [-0.4, -0.2) is 29.0 Å². The van der Waals surface area contributed by atoms with Crippen LogP contribution in [0, 0.1) is 0 Å². The second-order valence-corrected chi connectivity index (χ2v) is 5.52. The molecule has 0 fully saturated rings. The Morgan fingerprint density at radius 1 is 1.39 bits per heavy atom. The van der Waals surface area contributed by atoms with Crippen LogP contribution >= 0.6 is 7.60 Å². The van der Waals surface area contributed by atoms with Crippen LogP contribution in [0.4, 0.5) is 5.69 Å². The van der Waals surface area contributed by atoms with Gasteiger partial charge in [-0.3, -0.25) is 9.36 Å². The molecule has 3 N–H and O–H groups in total. The summed E-state index contributed by atoms with van der Waals surface area (Å²) in [6.07, 6.45) is -0.0826. The van der Waals surface area contributed by atoms with E-state index in [0.29, 0.717) is 11.4 Å². The lowest BCUT2D eigenvalue weighted by atomic mass is 10.2. The Morgan fingerprint density at radius 2 is 2.06 bits per heavy atom. The first-order valence-electron chi connectivity index (χ1n) is 5.40. The topological polar surface area (TPSA) is 95.9 Å². The van der Waals surface area contributed by atoms with Crippen molar-refractivity contribution >= 4 is 19.2 Å². The molecule has 0 atom stereocenters. The molecule has 7 heteroatoms. The quantitative estimate of drug-likeness (QED) is 0.684. The molecule has 6 nitrogen and oxygen atoms in total. The number of hydrogen-bond donors (Lipinski definition) is 3. The van der Waals surface area contributed by atoms with E-state index in [2.05, 4.69) is 5.32 Å². The summed E-state index contributed by atoms with van der Waals surface area (Å²) < 4.78 is 15.7. The smallest absolute Gasteiger partial charge is 0.325 e. The Hall–Kier alpha value is -1.36. The highest BCUT2D eigenvalue weighted by Crippen LogP contribution is 2.35. The standard InChI is InChI=1S/C11H16NO5P/c1-17-10-6-3-2-5-9(10)12-11(13)7-4-8-18(14,15)16/h2-3,5-6H,4,7-8H2,1H3,(H,12,13)(H2,14,15,16). The van der Waals surface area contributed by atoms with E-state index in [4.69, 9.17) is 14.5 Å². The third-order valence-corrected chi connectivity index (χ3v) is 3.13. The Kier molecular flexibility index (Phi) is 5.34. The monoisotopic (exact) mass is 273 g/mol. The molecule has 18 heavy (non-hydrogen) atoms. The van der Waals surface area contributed by atoms with E-state index in [1.165, 1.54) is 7.11 Å². The molecule has 0 aliphatic heterocycles. The number of para-hydroxylation sites is 2. The molecule has 0 spiro atoms. The minimum Gasteiger partial charge on any atom is -0.495 e. The minimum atomic E-state index is -4.02. The van der Waals surface area contributed by atoms with Crippen molar-refractivity contribution in [2.45, 2.75) is 12.8 Å². The maximum Gasteiger partial charge on any atom is 0.325 e. The number of hydrogen-bond acceptors (Lipinski definition) is 3. The first kappa shape index (κ1) is 14.7. The van der Waals surface area contributed by atoms with Gasteiger partial charge in [-0.25, -0.2) is 0 Å². The van der Waals surface area contributed by atoms with Crippen molar-refractivity contribution in [3.05, 3.63) is 24.3 Å². The van der Waals surface area contributed by atoms with Gasteiger partial charge in [0.2, 0.25) is 5.91 Å². The predicted molar refractivity (Wildman–Crippen MR) is 67.8 cm³/mol. The van der Waals surface area contributed by atoms with Crippen molar-refractivity contribution < 1.29 is 23.9 Å². The molecule has 0 radical (unpaired) electrons. The molecule has 0 saturated carbocycles. The van der Waals surface area contributed by atoms with Gasteiger partial charge < -0.3 is 19.8 Å². The second-order valence-electron chi connectivity index (χ2n) is 3.74. The van der Waals surface area contributed by atoms with E-state index >= 15 is 0 Å². The zero-order chi connectivity index (χ0) is 13.6. The van der Waals surface area contributed by atoms with Gasteiger partial charge in [0.15, 0.2) is 0 Å². The predicted octanol–water partition coefficient (Wildman–Crippen LogP) is 1.59. The molecular formula is C11H16NO5P. The largest absolute Gasteiger partial charge is 0.495 e. The SMILES string of the molecule is COc1ccccc1NC(=O)CCCP(=O)(O)O. The third kappa shape index (κ3) is 5.31. The fraction of sp³-hybridized carbons (Fsp3) is 0.364. The molecule has 0 bridgehead atoms. The van der Waals surface area contributed by atoms with E-state index in [0.717, 1.165) is 0 Å². The lowest BCUT2D eigenvalue weighted by Crippen LogP contribution is -2.12. The molecule has 1 aromatic carbocycles. The maximum atomic E-state index is 11.5. The maximum absolute atomic E-state index is 11.5. The van der Waals surface area contributed by atoms with Crippen molar-refractivity contribution in [1.29, 1.82) is 0 Å². The van der Waals surface area contributed by atoms with Gasteiger partial charge in [-0.15, -0.1) is 0 Å². The number of amides is 1. The van der Waals surface area contributed by atoms with E-state index in [1.807, 2.05) is 0 Å². The number of rotatable bonds is 6. The van der Waals surface area contributed by atoms with Crippen LogP contribution in [0.1, 0.15) is 12.8 Å². The number of carbonyl (C=O) groups is 1. The van der Waals surface area contributed by atoms with Gasteiger partial charge in [-0.1, -0.05) is 12.1 Å². The fourth-order valence-corrected chi connectivity index (χ4v) is 1.98. The van der Waals surface area contributed by atoms with E-state index in [9.17, 15) is 9.36 Å². The molecule has 0 unspecified atom stereocenters. The zero-order valence-electron chi connectivity index (χ0n) is 10.00. The van der Waals surface area contributed by atoms with Crippen LogP contribution in [0.15, 0.2) is 24.3 Å². The van der Waals surface area contributed by atoms with Gasteiger partial charge in [0.25, 0.3) is 0 Å². The zero-order valence-corrected chi connectivity index (χ0v) is 10.9. The molecule has 1 rings (SSSR count). The van der Waals surface area contributed by atoms with Crippen molar-refractivity contribution in [3.8, 4) is 5.75 Å². The van der Waals surface area contributed by atoms with Gasteiger partial charge in [-0.05, 0) is 18.6 Å². The number of methoxy groups -OCH3 is 1. The van der Waals surface area contributed by atoms with Crippen molar-refractivity contribution in [2.24, 2.45) is 0 Å². The van der Waals surface area contributed by atoms with Gasteiger partial charge in [-0.2, -0.15) is 0 Å². The average molecular weight is 273 g/mol. The molecule has 1 aromatic rings. The second kappa shape index (κ2) is 6.54. The summed E-state index contributed by atoms with van der Waals surface area (Å²) in [6, 6.07) is 6.95. The Bertz CT molecular complexity index is 457. The first-order chi connectivity index (χ1) is 8.42. The number of carbonyl (C=O) groups excluding carboxylic acids is 1. The van der Waals surface area contributed by atoms with Crippen LogP contribution in [-0.2, 0) is 9.36 Å². The molecular weight excluding hydrogens is 257 g/mol. The number of ether oxygens (including phenoxy) is 1. The van der Waals surface area contributed by atoms with Crippen LogP contribution < -0.4 is 10.1 Å². The van der Waals surface area contributed by atoms with Crippen LogP contribution in [0.2, 0.25) is 0 Å². The lowest BCUT2D eigenvalue weighted by molar-refractivity contribution is -0.116. The summed E-state index contributed by atoms with van der Waals surface area (Å²) in [5, 5.41) is 2.63. The Balaban J connectivity index is 2.47. The molecule has 100 valence electrons. The highest BCUT2D eigenvalue weighted by molar-refractivity contribution is 7.51. The van der Waals surface area contributed by atoms with Crippen molar-refractivity contribution in [1.82, 2.24) is 0 Å². The minimum absolute atomic E-state index is 0.0587. The Labute approximate surface area is 105 Å². The molecule has 0 saturated heterocycles. The van der Waals surface area contributed by atoms with Gasteiger partial charge in [0.1, 0.15) is 5.75 Å². The summed E-state index contributed by atoms with van der Waals surface area (Å²) in [5.74, 6) is 0.244. The van der Waals surface area contributed by atoms with E-state index in [1.54, 1.807) is 24.3 Å².